The third-order valence-corrected chi connectivity index (χ3v) is 3.58. The van der Waals surface area contributed by atoms with Crippen molar-refractivity contribution in [1.29, 1.82) is 0 Å². The maximum Gasteiger partial charge on any atom is 0.416 e. The van der Waals surface area contributed by atoms with Crippen LogP contribution in [-0.2, 0) is 22.4 Å². The van der Waals surface area contributed by atoms with Crippen LogP contribution in [0.5, 0.6) is 0 Å². The maximum absolute atomic E-state index is 12.7. The molecule has 0 aliphatic carbocycles. The number of alkyl halides is 3. The van der Waals surface area contributed by atoms with Gasteiger partial charge in [-0.1, -0.05) is 29.5 Å². The quantitative estimate of drug-likeness (QED) is 0.518. The molecule has 3 rings (SSSR count). The molecule has 6 nitrogen and oxygen atoms in total. The number of esters is 1. The molecular formula is C18H12F3N3O3. The van der Waals surface area contributed by atoms with Gasteiger partial charge < -0.3 is 4.74 Å². The van der Waals surface area contributed by atoms with Crippen molar-refractivity contribution in [3.63, 3.8) is 0 Å². The van der Waals surface area contributed by atoms with Crippen LogP contribution in [0.3, 0.4) is 0 Å². The molecule has 0 atom stereocenters. The van der Waals surface area contributed by atoms with Gasteiger partial charge in [0.25, 0.3) is 5.56 Å². The number of halogens is 3. The zero-order valence-corrected chi connectivity index (χ0v) is 13.7. The Morgan fingerprint density at radius 3 is 2.70 bits per heavy atom. The van der Waals surface area contributed by atoms with E-state index in [-0.39, 0.29) is 5.56 Å². The molecule has 0 fully saturated rings. The normalized spacial score (nSPS) is 11.8. The molecule has 3 aromatic rings. The van der Waals surface area contributed by atoms with Crippen LogP contribution in [0, 0.1) is 0 Å². The fourth-order valence-electron chi connectivity index (χ4n) is 2.26. The van der Waals surface area contributed by atoms with Crippen molar-refractivity contribution in [3.8, 4) is 0 Å². The van der Waals surface area contributed by atoms with Gasteiger partial charge in [-0.3, -0.25) is 4.79 Å². The zero-order chi connectivity index (χ0) is 19.4. The Morgan fingerprint density at radius 2 is 1.93 bits per heavy atom. The van der Waals surface area contributed by atoms with Gasteiger partial charge in [-0.2, -0.15) is 17.9 Å². The largest absolute Gasteiger partial charge is 0.439 e. The highest BCUT2D eigenvalue weighted by Gasteiger charge is 2.30. The third kappa shape index (κ3) is 4.38. The van der Waals surface area contributed by atoms with Gasteiger partial charge >= 0.3 is 12.1 Å². The molecule has 9 heteroatoms. The molecule has 0 spiro atoms. The van der Waals surface area contributed by atoms with Crippen LogP contribution >= 0.6 is 0 Å². The number of fused-ring (bicyclic) bond motifs is 1. The number of carbonyl (C=O) groups excluding carboxylic acids is 1. The Bertz CT molecular complexity index is 1070. The molecule has 0 saturated heterocycles. The number of nitrogens with zero attached hydrogens (tertiary/aromatic N) is 3. The summed E-state index contributed by atoms with van der Waals surface area (Å²) in [6, 6.07) is 11.1. The first-order valence-corrected chi connectivity index (χ1v) is 7.69. The van der Waals surface area contributed by atoms with Crippen LogP contribution in [0.2, 0.25) is 0 Å². The van der Waals surface area contributed by atoms with Gasteiger partial charge in [0.2, 0.25) is 0 Å². The standard InChI is InChI=1S/C18H12F3N3O3/c19-18(20,21)13-5-3-4-12(10-13)8-9-16(25)27-11-24-17(26)14-6-1-2-7-15(14)22-23-24/h1-10H,11H2/b9-8+. The number of ether oxygens (including phenoxy) is 1. The minimum Gasteiger partial charge on any atom is -0.439 e. The average Bonchev–Trinajstić information content (AvgIpc) is 2.65. The van der Waals surface area contributed by atoms with Crippen LogP contribution in [0.15, 0.2) is 59.4 Å². The summed E-state index contributed by atoms with van der Waals surface area (Å²) in [4.78, 5) is 23.9. The first-order chi connectivity index (χ1) is 12.8. The van der Waals surface area contributed by atoms with E-state index in [9.17, 15) is 22.8 Å². The smallest absolute Gasteiger partial charge is 0.416 e. The second kappa shape index (κ2) is 7.40. The number of carbonyl (C=O) groups is 1. The van der Waals surface area contributed by atoms with Gasteiger partial charge in [-0.15, -0.1) is 5.10 Å². The second-order valence-corrected chi connectivity index (χ2v) is 5.46. The summed E-state index contributed by atoms with van der Waals surface area (Å²) in [6.07, 6.45) is -2.32. The van der Waals surface area contributed by atoms with Gasteiger partial charge in [0.1, 0.15) is 5.52 Å². The van der Waals surface area contributed by atoms with Crippen molar-refractivity contribution in [3.05, 3.63) is 76.1 Å². The van der Waals surface area contributed by atoms with Crippen molar-refractivity contribution in [2.45, 2.75) is 12.9 Å². The molecule has 27 heavy (non-hydrogen) atoms. The summed E-state index contributed by atoms with van der Waals surface area (Å²) < 4.78 is 43.8. The average molecular weight is 375 g/mol. The first kappa shape index (κ1) is 18.3. The van der Waals surface area contributed by atoms with Gasteiger partial charge in [0.05, 0.1) is 10.9 Å². The van der Waals surface area contributed by atoms with E-state index in [1.54, 1.807) is 24.3 Å². The predicted octanol–water partition coefficient (Wildman–Crippen LogP) is 3.02. The van der Waals surface area contributed by atoms with Gasteiger partial charge in [0.15, 0.2) is 6.73 Å². The fraction of sp³-hybridized carbons (Fsp3) is 0.111. The first-order valence-electron chi connectivity index (χ1n) is 7.69. The maximum atomic E-state index is 12.7. The number of benzene rings is 2. The molecule has 0 saturated carbocycles. The van der Waals surface area contributed by atoms with Crippen molar-refractivity contribution in [1.82, 2.24) is 15.0 Å². The summed E-state index contributed by atoms with van der Waals surface area (Å²) in [5, 5.41) is 7.83. The van der Waals surface area contributed by atoms with Gasteiger partial charge in [-0.05, 0) is 35.9 Å². The number of hydrogen-bond donors (Lipinski definition) is 0. The van der Waals surface area contributed by atoms with E-state index >= 15 is 0 Å². The lowest BCUT2D eigenvalue weighted by Gasteiger charge is -2.06. The highest BCUT2D eigenvalue weighted by Crippen LogP contribution is 2.29. The number of aromatic nitrogens is 3. The summed E-state index contributed by atoms with van der Waals surface area (Å²) in [5.74, 6) is -0.839. The Kier molecular flexibility index (Phi) is 5.02. The van der Waals surface area contributed by atoms with Crippen LogP contribution in [0.25, 0.3) is 17.0 Å². The fourth-order valence-corrected chi connectivity index (χ4v) is 2.26. The third-order valence-electron chi connectivity index (χ3n) is 3.58. The molecule has 0 N–H and O–H groups in total. The zero-order valence-electron chi connectivity index (χ0n) is 13.7. The lowest BCUT2D eigenvalue weighted by molar-refractivity contribution is -0.142. The summed E-state index contributed by atoms with van der Waals surface area (Å²) >= 11 is 0. The Balaban J connectivity index is 1.68. The van der Waals surface area contributed by atoms with E-state index in [2.05, 4.69) is 10.3 Å². The number of hydrogen-bond acceptors (Lipinski definition) is 5. The molecule has 2 aromatic carbocycles. The number of rotatable bonds is 4. The molecule has 0 unspecified atom stereocenters. The Morgan fingerprint density at radius 1 is 1.15 bits per heavy atom. The van der Waals surface area contributed by atoms with E-state index in [1.807, 2.05) is 0 Å². The molecule has 0 aliphatic rings. The van der Waals surface area contributed by atoms with Gasteiger partial charge in [0, 0.05) is 6.08 Å². The molecule has 1 aromatic heterocycles. The summed E-state index contributed by atoms with van der Waals surface area (Å²) in [5.41, 5.74) is -0.703. The van der Waals surface area contributed by atoms with Crippen LogP contribution in [0.4, 0.5) is 13.2 Å². The molecule has 0 bridgehead atoms. The molecular weight excluding hydrogens is 363 g/mol. The van der Waals surface area contributed by atoms with E-state index in [4.69, 9.17) is 4.74 Å². The Hall–Kier alpha value is -3.49. The highest BCUT2D eigenvalue weighted by molar-refractivity contribution is 5.87. The van der Waals surface area contributed by atoms with E-state index in [0.29, 0.717) is 10.9 Å². The van der Waals surface area contributed by atoms with Crippen molar-refractivity contribution in [2.24, 2.45) is 0 Å². The van der Waals surface area contributed by atoms with E-state index in [0.717, 1.165) is 22.9 Å². The lowest BCUT2D eigenvalue weighted by Crippen LogP contribution is -2.26. The van der Waals surface area contributed by atoms with Crippen molar-refractivity contribution < 1.29 is 22.7 Å². The summed E-state index contributed by atoms with van der Waals surface area (Å²) in [6.45, 7) is -0.470. The summed E-state index contributed by atoms with van der Waals surface area (Å²) in [7, 11) is 0. The van der Waals surface area contributed by atoms with Gasteiger partial charge in [-0.25, -0.2) is 4.79 Å². The monoisotopic (exact) mass is 375 g/mol. The minimum atomic E-state index is -4.47. The lowest BCUT2D eigenvalue weighted by atomic mass is 10.1. The Labute approximate surface area is 150 Å². The van der Waals surface area contributed by atoms with Crippen molar-refractivity contribution in [2.75, 3.05) is 0 Å². The van der Waals surface area contributed by atoms with E-state index in [1.165, 1.54) is 18.2 Å². The molecule has 138 valence electrons. The second-order valence-electron chi connectivity index (χ2n) is 5.46. The molecule has 0 aliphatic heterocycles. The highest BCUT2D eigenvalue weighted by atomic mass is 19.4. The van der Waals surface area contributed by atoms with Crippen molar-refractivity contribution >= 4 is 22.9 Å². The molecule has 1 heterocycles. The SMILES string of the molecule is O=C(/C=C/c1cccc(C(F)(F)F)c1)OCn1nnc2ccccc2c1=O. The predicted molar refractivity (Wildman–Crippen MR) is 90.4 cm³/mol. The molecule has 0 amide bonds. The van der Waals surface area contributed by atoms with Crippen LogP contribution in [-0.4, -0.2) is 21.0 Å². The molecule has 0 radical (unpaired) electrons. The van der Waals surface area contributed by atoms with E-state index < -0.39 is 30.0 Å². The topological polar surface area (TPSA) is 74.1 Å². The minimum absolute atomic E-state index is 0.185. The van der Waals surface area contributed by atoms with Crippen LogP contribution in [0.1, 0.15) is 11.1 Å². The van der Waals surface area contributed by atoms with Crippen LogP contribution < -0.4 is 5.56 Å².